The Balaban J connectivity index is 1.39. The maximum Gasteiger partial charge on any atom is 0.195 e. The van der Waals surface area contributed by atoms with Crippen molar-refractivity contribution < 1.29 is 19.0 Å². The third kappa shape index (κ3) is 4.83. The van der Waals surface area contributed by atoms with Crippen molar-refractivity contribution in [2.24, 2.45) is 0 Å². The monoisotopic (exact) mass is 475 g/mol. The second kappa shape index (κ2) is 9.95. The summed E-state index contributed by atoms with van der Waals surface area (Å²) in [5.74, 6) is 0.444. The molecular weight excluding hydrogens is 449 g/mol. The second-order valence-electron chi connectivity index (χ2n) is 8.60. The molecule has 0 bridgehead atoms. The molecule has 4 nitrogen and oxygen atoms in total. The highest BCUT2D eigenvalue weighted by atomic mass is 32.1. The topological polar surface area (TPSA) is 49.8 Å². The normalized spacial score (nSPS) is 14.4. The number of benzene rings is 3. The fourth-order valence-corrected chi connectivity index (χ4v) is 5.68. The Labute approximate surface area is 202 Å². The smallest absolute Gasteiger partial charge is 0.195 e. The molecule has 34 heavy (non-hydrogen) atoms. The number of hydrogen-bond acceptors (Lipinski definition) is 5. The molecular formula is C28H26FNO3S. The molecule has 0 unspecified atom stereocenters. The average molecular weight is 476 g/mol. The summed E-state index contributed by atoms with van der Waals surface area (Å²) in [6, 6.07) is 18.4. The van der Waals surface area contributed by atoms with Gasteiger partial charge in [-0.3, -0.25) is 9.69 Å². The number of phenols is 1. The number of ether oxygens (including phenoxy) is 1. The van der Waals surface area contributed by atoms with Crippen LogP contribution in [0.3, 0.4) is 0 Å². The number of nitrogens with zero attached hydrogens (tertiary/aromatic N) is 1. The summed E-state index contributed by atoms with van der Waals surface area (Å²) in [5.41, 5.74) is 1.88. The molecule has 1 saturated heterocycles. The number of carbonyl (C=O) groups excluding carboxylic acids is 1. The summed E-state index contributed by atoms with van der Waals surface area (Å²) in [7, 11) is 0. The van der Waals surface area contributed by atoms with Gasteiger partial charge in [-0.2, -0.15) is 0 Å². The van der Waals surface area contributed by atoms with Crippen LogP contribution in [0.2, 0.25) is 0 Å². The standard InChI is InChI=1S/C28H26FNO3S/c29-21-8-4-20(5-9-21)28-26(24-13-10-22(31)18-25(24)34-28)27(32)19-6-11-23(12-7-19)33-17-16-30-14-2-1-3-15-30/h4-13,18,31H,1-3,14-17H2. The van der Waals surface area contributed by atoms with Crippen LogP contribution in [0.4, 0.5) is 4.39 Å². The molecule has 0 saturated carbocycles. The molecule has 1 aromatic heterocycles. The molecule has 1 N–H and O–H groups in total. The van der Waals surface area contributed by atoms with Crippen molar-refractivity contribution in [1.82, 2.24) is 4.90 Å². The van der Waals surface area contributed by atoms with E-state index in [4.69, 9.17) is 4.74 Å². The van der Waals surface area contributed by atoms with Crippen molar-refractivity contribution in [1.29, 1.82) is 0 Å². The first-order chi connectivity index (χ1) is 16.6. The number of thiophene rings is 1. The number of fused-ring (bicyclic) bond motifs is 1. The maximum atomic E-state index is 13.6. The number of piperidine rings is 1. The minimum atomic E-state index is -0.328. The van der Waals surface area contributed by atoms with Crippen LogP contribution in [-0.2, 0) is 0 Å². The van der Waals surface area contributed by atoms with Crippen LogP contribution in [0.15, 0.2) is 66.7 Å². The highest BCUT2D eigenvalue weighted by Gasteiger charge is 2.22. The second-order valence-corrected chi connectivity index (χ2v) is 9.65. The van der Waals surface area contributed by atoms with E-state index in [0.29, 0.717) is 17.7 Å². The summed E-state index contributed by atoms with van der Waals surface area (Å²) < 4.78 is 20.2. The van der Waals surface area contributed by atoms with E-state index in [9.17, 15) is 14.3 Å². The lowest BCUT2D eigenvalue weighted by molar-refractivity contribution is 0.104. The van der Waals surface area contributed by atoms with Gasteiger partial charge in [0.05, 0.1) is 0 Å². The number of rotatable bonds is 7. The Morgan fingerprint density at radius 1 is 0.971 bits per heavy atom. The number of likely N-dealkylation sites (tertiary alicyclic amines) is 1. The maximum absolute atomic E-state index is 13.6. The van der Waals surface area contributed by atoms with Gasteiger partial charge < -0.3 is 9.84 Å². The summed E-state index contributed by atoms with van der Waals surface area (Å²) in [5, 5.41) is 10.7. The molecule has 3 aromatic carbocycles. The van der Waals surface area contributed by atoms with Gasteiger partial charge in [-0.15, -0.1) is 11.3 Å². The number of carbonyl (C=O) groups is 1. The lowest BCUT2D eigenvalue weighted by Crippen LogP contribution is -2.33. The van der Waals surface area contributed by atoms with Crippen LogP contribution < -0.4 is 4.74 Å². The highest BCUT2D eigenvalue weighted by molar-refractivity contribution is 7.22. The Hall–Kier alpha value is -3.22. The molecule has 0 amide bonds. The Kier molecular flexibility index (Phi) is 6.61. The van der Waals surface area contributed by atoms with E-state index in [0.717, 1.165) is 45.9 Å². The molecule has 1 aliphatic heterocycles. The molecule has 174 valence electrons. The molecule has 0 radical (unpaired) electrons. The van der Waals surface area contributed by atoms with Gasteiger partial charge in [0.25, 0.3) is 0 Å². The highest BCUT2D eigenvalue weighted by Crippen LogP contribution is 2.41. The number of phenolic OH excluding ortho intramolecular Hbond substituents is 1. The zero-order valence-corrected chi connectivity index (χ0v) is 19.6. The third-order valence-electron chi connectivity index (χ3n) is 6.25. The third-order valence-corrected chi connectivity index (χ3v) is 7.45. The molecule has 1 fully saturated rings. The first-order valence-corrected chi connectivity index (χ1v) is 12.4. The molecule has 1 aliphatic rings. The van der Waals surface area contributed by atoms with Gasteiger partial charge in [-0.1, -0.05) is 18.6 Å². The van der Waals surface area contributed by atoms with Crippen LogP contribution in [0.25, 0.3) is 20.5 Å². The number of aromatic hydroxyl groups is 1. The van der Waals surface area contributed by atoms with E-state index in [-0.39, 0.29) is 17.3 Å². The summed E-state index contributed by atoms with van der Waals surface area (Å²) in [4.78, 5) is 16.8. The SMILES string of the molecule is O=C(c1ccc(OCCN2CCCCC2)cc1)c1c(-c2ccc(F)cc2)sc2cc(O)ccc12. The van der Waals surface area contributed by atoms with Crippen molar-refractivity contribution >= 4 is 27.2 Å². The fraction of sp³-hybridized carbons (Fsp3) is 0.250. The lowest BCUT2D eigenvalue weighted by atomic mass is 9.97. The lowest BCUT2D eigenvalue weighted by Gasteiger charge is -2.26. The molecule has 6 heteroatoms. The van der Waals surface area contributed by atoms with Crippen LogP contribution in [-0.4, -0.2) is 42.0 Å². The minimum Gasteiger partial charge on any atom is -0.508 e. The Morgan fingerprint density at radius 2 is 1.71 bits per heavy atom. The predicted octanol–water partition coefficient (Wildman–Crippen LogP) is 6.51. The number of halogens is 1. The molecule has 0 spiro atoms. The number of ketones is 1. The van der Waals surface area contributed by atoms with Crippen LogP contribution in [0.5, 0.6) is 11.5 Å². The molecule has 2 heterocycles. The largest absolute Gasteiger partial charge is 0.508 e. The van der Waals surface area contributed by atoms with Crippen LogP contribution in [0, 0.1) is 5.82 Å². The van der Waals surface area contributed by atoms with Crippen molar-refractivity contribution in [3.05, 3.63) is 83.7 Å². The number of hydrogen-bond donors (Lipinski definition) is 1. The van der Waals surface area contributed by atoms with Crippen LogP contribution in [0.1, 0.15) is 35.2 Å². The first kappa shape index (κ1) is 22.6. The van der Waals surface area contributed by atoms with Crippen molar-refractivity contribution in [3.63, 3.8) is 0 Å². The van der Waals surface area contributed by atoms with E-state index in [2.05, 4.69) is 4.90 Å². The van der Waals surface area contributed by atoms with E-state index in [1.165, 1.54) is 42.7 Å². The minimum absolute atomic E-state index is 0.115. The Bertz CT molecular complexity index is 1290. The van der Waals surface area contributed by atoms with Gasteiger partial charge in [0, 0.05) is 32.6 Å². The van der Waals surface area contributed by atoms with Crippen molar-refractivity contribution in [2.45, 2.75) is 19.3 Å². The Morgan fingerprint density at radius 3 is 2.44 bits per heavy atom. The van der Waals surface area contributed by atoms with Crippen molar-refractivity contribution in [2.75, 3.05) is 26.2 Å². The summed E-state index contributed by atoms with van der Waals surface area (Å²) in [6.07, 6.45) is 3.83. The summed E-state index contributed by atoms with van der Waals surface area (Å²) >= 11 is 1.42. The molecule has 5 rings (SSSR count). The van der Waals surface area contributed by atoms with E-state index < -0.39 is 0 Å². The molecule has 0 atom stereocenters. The zero-order valence-electron chi connectivity index (χ0n) is 18.8. The molecule has 4 aromatic rings. The zero-order chi connectivity index (χ0) is 23.5. The van der Waals surface area contributed by atoms with Crippen LogP contribution >= 0.6 is 11.3 Å². The van der Waals surface area contributed by atoms with E-state index >= 15 is 0 Å². The van der Waals surface area contributed by atoms with Gasteiger partial charge in [-0.25, -0.2) is 4.39 Å². The van der Waals surface area contributed by atoms with Gasteiger partial charge in [0.15, 0.2) is 5.78 Å². The van der Waals surface area contributed by atoms with Gasteiger partial charge >= 0.3 is 0 Å². The predicted molar refractivity (Wildman–Crippen MR) is 135 cm³/mol. The fourth-order valence-electron chi connectivity index (χ4n) is 4.44. The van der Waals surface area contributed by atoms with Crippen molar-refractivity contribution in [3.8, 4) is 21.9 Å². The quantitative estimate of drug-likeness (QED) is 0.310. The molecule has 0 aliphatic carbocycles. The average Bonchev–Trinajstić information content (AvgIpc) is 3.23. The van der Waals surface area contributed by atoms with Gasteiger partial charge in [0.2, 0.25) is 0 Å². The van der Waals surface area contributed by atoms with E-state index in [1.54, 1.807) is 42.5 Å². The van der Waals surface area contributed by atoms with Gasteiger partial charge in [-0.05, 0) is 86.1 Å². The van der Waals surface area contributed by atoms with Gasteiger partial charge in [0.1, 0.15) is 23.9 Å². The first-order valence-electron chi connectivity index (χ1n) is 11.6. The summed E-state index contributed by atoms with van der Waals surface area (Å²) in [6.45, 7) is 3.81. The van der Waals surface area contributed by atoms with E-state index in [1.807, 2.05) is 12.1 Å².